The third-order valence-electron chi connectivity index (χ3n) is 5.22. The number of hydrogen-bond donors (Lipinski definition) is 2. The van der Waals surface area contributed by atoms with Gasteiger partial charge in [0.2, 0.25) is 5.91 Å². The highest BCUT2D eigenvalue weighted by molar-refractivity contribution is 7.09. The fraction of sp³-hybridized carbons (Fsp3) is 0.381. The third-order valence-corrected chi connectivity index (χ3v) is 6.15. The maximum atomic E-state index is 13.2. The molecule has 1 saturated heterocycles. The SMILES string of the molecule is CC[C@@]1(c2ccc(C)cc2)NC(=O)N([C@@H](C)C(=O)NCCc2cccs2)C1=O. The molecular weight excluding hydrogens is 374 g/mol. The summed E-state index contributed by atoms with van der Waals surface area (Å²) in [5.41, 5.74) is 0.671. The summed E-state index contributed by atoms with van der Waals surface area (Å²) >= 11 is 1.63. The molecule has 2 heterocycles. The molecule has 1 aliphatic rings. The largest absolute Gasteiger partial charge is 0.354 e. The van der Waals surface area contributed by atoms with E-state index in [1.165, 1.54) is 4.88 Å². The predicted octanol–water partition coefficient (Wildman–Crippen LogP) is 2.96. The van der Waals surface area contributed by atoms with Gasteiger partial charge in [0, 0.05) is 11.4 Å². The van der Waals surface area contributed by atoms with Gasteiger partial charge in [0.25, 0.3) is 5.91 Å². The van der Waals surface area contributed by atoms with Crippen molar-refractivity contribution in [3.8, 4) is 0 Å². The van der Waals surface area contributed by atoms with Crippen molar-refractivity contribution in [1.82, 2.24) is 15.5 Å². The number of thiophene rings is 1. The van der Waals surface area contributed by atoms with Crippen LogP contribution in [0.25, 0.3) is 0 Å². The quantitative estimate of drug-likeness (QED) is 0.703. The molecule has 0 radical (unpaired) electrons. The zero-order valence-corrected chi connectivity index (χ0v) is 17.1. The molecule has 1 fully saturated rings. The fourth-order valence-corrected chi connectivity index (χ4v) is 4.16. The first-order valence-corrected chi connectivity index (χ1v) is 10.3. The van der Waals surface area contributed by atoms with E-state index in [1.807, 2.05) is 55.6 Å². The highest BCUT2D eigenvalue weighted by atomic mass is 32.1. The highest BCUT2D eigenvalue weighted by Crippen LogP contribution is 2.33. The number of nitrogens with zero attached hydrogens (tertiary/aromatic N) is 1. The molecule has 2 N–H and O–H groups in total. The summed E-state index contributed by atoms with van der Waals surface area (Å²) in [4.78, 5) is 40.6. The zero-order valence-electron chi connectivity index (χ0n) is 16.3. The summed E-state index contributed by atoms with van der Waals surface area (Å²) < 4.78 is 0. The Kier molecular flexibility index (Phi) is 5.84. The Balaban J connectivity index is 1.72. The van der Waals surface area contributed by atoms with Gasteiger partial charge in [-0.15, -0.1) is 11.3 Å². The number of amides is 4. The van der Waals surface area contributed by atoms with Gasteiger partial charge in [-0.1, -0.05) is 42.8 Å². The zero-order chi connectivity index (χ0) is 20.3. The Morgan fingerprint density at radius 3 is 2.57 bits per heavy atom. The second-order valence-electron chi connectivity index (χ2n) is 7.03. The van der Waals surface area contributed by atoms with Gasteiger partial charge in [-0.25, -0.2) is 9.69 Å². The van der Waals surface area contributed by atoms with E-state index in [4.69, 9.17) is 0 Å². The van der Waals surface area contributed by atoms with Crippen LogP contribution >= 0.6 is 11.3 Å². The van der Waals surface area contributed by atoms with E-state index in [2.05, 4.69) is 10.6 Å². The van der Waals surface area contributed by atoms with E-state index in [9.17, 15) is 14.4 Å². The third kappa shape index (κ3) is 3.67. The van der Waals surface area contributed by atoms with Crippen molar-refractivity contribution in [1.29, 1.82) is 0 Å². The van der Waals surface area contributed by atoms with E-state index < -0.39 is 17.6 Å². The van der Waals surface area contributed by atoms with Crippen molar-refractivity contribution in [2.45, 2.75) is 45.2 Å². The smallest absolute Gasteiger partial charge is 0.326 e. The van der Waals surface area contributed by atoms with Crippen LogP contribution in [0.2, 0.25) is 0 Å². The molecule has 3 rings (SSSR count). The van der Waals surface area contributed by atoms with Gasteiger partial charge in [-0.2, -0.15) is 0 Å². The number of urea groups is 1. The first-order valence-electron chi connectivity index (χ1n) is 9.42. The lowest BCUT2D eigenvalue weighted by molar-refractivity contribution is -0.138. The molecule has 1 aromatic carbocycles. The molecule has 1 aliphatic heterocycles. The summed E-state index contributed by atoms with van der Waals surface area (Å²) in [7, 11) is 0. The van der Waals surface area contributed by atoms with Gasteiger partial charge >= 0.3 is 6.03 Å². The molecule has 7 heteroatoms. The van der Waals surface area contributed by atoms with E-state index in [-0.39, 0.29) is 11.8 Å². The molecule has 0 spiro atoms. The summed E-state index contributed by atoms with van der Waals surface area (Å²) in [5.74, 6) is -0.722. The Morgan fingerprint density at radius 2 is 1.96 bits per heavy atom. The number of carbonyl (C=O) groups is 3. The van der Waals surface area contributed by atoms with Crippen LogP contribution in [-0.4, -0.2) is 35.3 Å². The van der Waals surface area contributed by atoms with Crippen molar-refractivity contribution in [2.24, 2.45) is 0 Å². The van der Waals surface area contributed by atoms with Crippen LogP contribution in [0, 0.1) is 6.92 Å². The van der Waals surface area contributed by atoms with Crippen molar-refractivity contribution < 1.29 is 14.4 Å². The van der Waals surface area contributed by atoms with Crippen LogP contribution in [0.3, 0.4) is 0 Å². The minimum Gasteiger partial charge on any atom is -0.354 e. The van der Waals surface area contributed by atoms with E-state index in [0.29, 0.717) is 13.0 Å². The molecule has 1 aromatic heterocycles. The van der Waals surface area contributed by atoms with Gasteiger partial charge in [0.15, 0.2) is 0 Å². The number of benzene rings is 1. The minimum atomic E-state index is -1.13. The lowest BCUT2D eigenvalue weighted by Gasteiger charge is -2.27. The molecule has 0 saturated carbocycles. The average Bonchev–Trinajstić information content (AvgIpc) is 3.28. The molecule has 6 nitrogen and oxygen atoms in total. The molecule has 0 unspecified atom stereocenters. The fourth-order valence-electron chi connectivity index (χ4n) is 3.45. The number of rotatable bonds is 7. The first kappa shape index (κ1) is 20.1. The monoisotopic (exact) mass is 399 g/mol. The van der Waals surface area contributed by atoms with E-state index in [1.54, 1.807) is 18.3 Å². The van der Waals surface area contributed by atoms with E-state index >= 15 is 0 Å². The molecule has 0 aliphatic carbocycles. The lowest BCUT2D eigenvalue weighted by Crippen LogP contribution is -2.49. The number of imide groups is 1. The van der Waals surface area contributed by atoms with Gasteiger partial charge in [0.05, 0.1) is 0 Å². The Morgan fingerprint density at radius 1 is 1.25 bits per heavy atom. The molecule has 2 atom stereocenters. The van der Waals surface area contributed by atoms with Crippen molar-refractivity contribution in [2.75, 3.05) is 6.54 Å². The van der Waals surface area contributed by atoms with Crippen LogP contribution in [0.15, 0.2) is 41.8 Å². The second-order valence-corrected chi connectivity index (χ2v) is 8.06. The van der Waals surface area contributed by atoms with Gasteiger partial charge in [0.1, 0.15) is 11.6 Å². The normalized spacial score (nSPS) is 20.2. The lowest BCUT2D eigenvalue weighted by atomic mass is 9.86. The number of hydrogen-bond acceptors (Lipinski definition) is 4. The van der Waals surface area contributed by atoms with Crippen molar-refractivity contribution in [3.05, 3.63) is 57.8 Å². The Labute approximate surface area is 168 Å². The van der Waals surface area contributed by atoms with Crippen LogP contribution in [0.4, 0.5) is 4.79 Å². The van der Waals surface area contributed by atoms with Crippen LogP contribution in [-0.2, 0) is 21.5 Å². The average molecular weight is 400 g/mol. The van der Waals surface area contributed by atoms with Crippen LogP contribution < -0.4 is 10.6 Å². The molecule has 2 aromatic rings. The topological polar surface area (TPSA) is 78.5 Å². The standard InChI is InChI=1S/C21H25N3O3S/c1-4-21(16-9-7-14(2)8-10-16)19(26)24(20(27)23-21)15(3)18(25)22-12-11-17-6-5-13-28-17/h5-10,13,15H,4,11-12H2,1-3H3,(H,22,25)(H,23,27)/t15-,21-/m0/s1. The summed E-state index contributed by atoms with van der Waals surface area (Å²) in [6.07, 6.45) is 1.13. The summed E-state index contributed by atoms with van der Waals surface area (Å²) in [6.45, 7) is 5.86. The number of carbonyl (C=O) groups excluding carboxylic acids is 3. The summed E-state index contributed by atoms with van der Waals surface area (Å²) in [5, 5.41) is 7.64. The molecule has 0 bridgehead atoms. The first-order chi connectivity index (χ1) is 13.4. The van der Waals surface area contributed by atoms with Gasteiger partial charge < -0.3 is 10.6 Å². The maximum absolute atomic E-state index is 13.2. The summed E-state index contributed by atoms with van der Waals surface area (Å²) in [6, 6.07) is 10.1. The Hall–Kier alpha value is -2.67. The van der Waals surface area contributed by atoms with Gasteiger partial charge in [-0.05, 0) is 43.7 Å². The predicted molar refractivity (Wildman–Crippen MR) is 109 cm³/mol. The highest BCUT2D eigenvalue weighted by Gasteiger charge is 2.53. The molecular formula is C21H25N3O3S. The van der Waals surface area contributed by atoms with E-state index in [0.717, 1.165) is 22.4 Å². The Bertz CT molecular complexity index is 864. The molecule has 148 valence electrons. The second kappa shape index (κ2) is 8.14. The maximum Gasteiger partial charge on any atom is 0.326 e. The molecule has 4 amide bonds. The number of aryl methyl sites for hydroxylation is 1. The minimum absolute atomic E-state index is 0.337. The van der Waals surface area contributed by atoms with Gasteiger partial charge in [-0.3, -0.25) is 9.59 Å². The van der Waals surface area contributed by atoms with Crippen LogP contribution in [0.1, 0.15) is 36.3 Å². The van der Waals surface area contributed by atoms with Crippen molar-refractivity contribution in [3.63, 3.8) is 0 Å². The number of nitrogens with one attached hydrogen (secondary N) is 2. The van der Waals surface area contributed by atoms with Crippen LogP contribution in [0.5, 0.6) is 0 Å². The molecule has 28 heavy (non-hydrogen) atoms. The van der Waals surface area contributed by atoms with Crippen molar-refractivity contribution >= 4 is 29.2 Å².